The van der Waals surface area contributed by atoms with E-state index in [2.05, 4.69) is 19.1 Å². The summed E-state index contributed by atoms with van der Waals surface area (Å²) in [4.78, 5) is 38.1. The molecule has 0 aromatic carbocycles. The largest absolute Gasteiger partial charge is 0.467 e. The Bertz CT molecular complexity index is 693. The number of unbranched alkanes of at least 4 members (excludes halogenated alkanes) is 9. The van der Waals surface area contributed by atoms with E-state index in [9.17, 15) is 19.5 Å². The highest BCUT2D eigenvalue weighted by Gasteiger charge is 2.53. The van der Waals surface area contributed by atoms with Gasteiger partial charge in [0.05, 0.1) is 7.11 Å². The van der Waals surface area contributed by atoms with Gasteiger partial charge in [-0.15, -0.1) is 0 Å². The predicted molar refractivity (Wildman–Crippen MR) is 131 cm³/mol. The van der Waals surface area contributed by atoms with Crippen molar-refractivity contribution in [2.24, 2.45) is 5.92 Å². The Labute approximate surface area is 205 Å². The van der Waals surface area contributed by atoms with Crippen LogP contribution < -0.4 is 0 Å². The molecule has 34 heavy (non-hydrogen) atoms. The van der Waals surface area contributed by atoms with Gasteiger partial charge in [0.1, 0.15) is 23.7 Å². The normalized spacial score (nSPS) is 27.1. The molecule has 2 aliphatic rings. The third-order valence-corrected chi connectivity index (χ3v) is 7.27. The van der Waals surface area contributed by atoms with Crippen molar-refractivity contribution in [1.82, 2.24) is 4.90 Å². The number of amides is 1. The van der Waals surface area contributed by atoms with Crippen LogP contribution in [0.25, 0.3) is 0 Å². The minimum atomic E-state index is -1.02. The van der Waals surface area contributed by atoms with E-state index < -0.39 is 35.6 Å². The van der Waals surface area contributed by atoms with Crippen LogP contribution in [0.4, 0.5) is 0 Å². The van der Waals surface area contributed by atoms with Crippen LogP contribution in [0.3, 0.4) is 0 Å². The molecular formula is C27H45NO6. The van der Waals surface area contributed by atoms with Crippen LogP contribution in [-0.2, 0) is 23.9 Å². The molecule has 0 radical (unpaired) electrons. The summed E-state index contributed by atoms with van der Waals surface area (Å²) in [6, 6.07) is -0.699. The molecule has 0 spiro atoms. The Kier molecular flexibility index (Phi) is 12.1. The lowest BCUT2D eigenvalue weighted by molar-refractivity contribution is -0.153. The number of likely N-dealkylation sites (tertiary alicyclic amines) is 1. The second-order valence-electron chi connectivity index (χ2n) is 10.0. The number of hydrogen-bond acceptors (Lipinski definition) is 6. The minimum absolute atomic E-state index is 0.0211. The maximum Gasteiger partial charge on any atom is 0.328 e. The van der Waals surface area contributed by atoms with Crippen molar-refractivity contribution in [3.05, 3.63) is 12.2 Å². The van der Waals surface area contributed by atoms with Crippen LogP contribution in [0.2, 0.25) is 0 Å². The van der Waals surface area contributed by atoms with Gasteiger partial charge in [-0.05, 0) is 45.4 Å². The smallest absolute Gasteiger partial charge is 0.328 e. The van der Waals surface area contributed by atoms with Crippen molar-refractivity contribution in [3.63, 3.8) is 0 Å². The summed E-state index contributed by atoms with van der Waals surface area (Å²) in [6.07, 6.45) is 17.9. The summed E-state index contributed by atoms with van der Waals surface area (Å²) in [5, 5.41) is 10.9. The quantitative estimate of drug-likeness (QED) is 0.196. The molecule has 1 N–H and O–H groups in total. The number of cyclic esters (lactones) is 1. The van der Waals surface area contributed by atoms with Gasteiger partial charge in [0.15, 0.2) is 0 Å². The fourth-order valence-corrected chi connectivity index (χ4v) is 5.05. The number of ether oxygens (including phenoxy) is 2. The first-order valence-electron chi connectivity index (χ1n) is 13.3. The third-order valence-electron chi connectivity index (χ3n) is 7.27. The molecule has 0 unspecified atom stereocenters. The maximum atomic E-state index is 12.5. The van der Waals surface area contributed by atoms with Gasteiger partial charge in [-0.1, -0.05) is 64.0 Å². The molecule has 2 rings (SSSR count). The van der Waals surface area contributed by atoms with E-state index in [1.54, 1.807) is 6.92 Å². The first kappa shape index (κ1) is 28.3. The molecule has 0 aromatic rings. The van der Waals surface area contributed by atoms with Crippen LogP contribution in [0.5, 0.6) is 0 Å². The van der Waals surface area contributed by atoms with Crippen molar-refractivity contribution in [2.75, 3.05) is 13.7 Å². The van der Waals surface area contributed by atoms with Gasteiger partial charge >= 0.3 is 11.9 Å². The zero-order chi connectivity index (χ0) is 25.0. The number of hydrogen-bond donors (Lipinski definition) is 1. The van der Waals surface area contributed by atoms with Crippen LogP contribution >= 0.6 is 0 Å². The predicted octanol–water partition coefficient (Wildman–Crippen LogP) is 4.70. The van der Waals surface area contributed by atoms with E-state index >= 15 is 0 Å². The molecule has 0 saturated carbocycles. The summed E-state index contributed by atoms with van der Waals surface area (Å²) in [6.45, 7) is 3.98. The highest BCUT2D eigenvalue weighted by atomic mass is 16.6. The van der Waals surface area contributed by atoms with Gasteiger partial charge in [0.2, 0.25) is 5.91 Å². The fourth-order valence-electron chi connectivity index (χ4n) is 5.05. The summed E-state index contributed by atoms with van der Waals surface area (Å²) < 4.78 is 10.4. The molecule has 0 aromatic heterocycles. The SMILES string of the molecule is CCCCCCCCCC/C=C/CCC[C@@]1(C)OC(=O)[C@H](CN2C(=O)CC[C@H]2C(=O)OC)[C@@H]1O. The average Bonchev–Trinajstić information content (AvgIpc) is 3.28. The number of carbonyl (C=O) groups is 3. The van der Waals surface area contributed by atoms with E-state index in [-0.39, 0.29) is 18.9 Å². The zero-order valence-electron chi connectivity index (χ0n) is 21.4. The van der Waals surface area contributed by atoms with Crippen molar-refractivity contribution in [2.45, 2.75) is 121 Å². The second kappa shape index (κ2) is 14.5. The number of allylic oxidation sites excluding steroid dienone is 2. The van der Waals surface area contributed by atoms with Gasteiger partial charge in [-0.2, -0.15) is 0 Å². The summed E-state index contributed by atoms with van der Waals surface area (Å²) in [7, 11) is 1.28. The Hall–Kier alpha value is -1.89. The lowest BCUT2D eigenvalue weighted by Gasteiger charge is -2.29. The maximum absolute atomic E-state index is 12.5. The van der Waals surface area contributed by atoms with Crippen molar-refractivity contribution in [1.29, 1.82) is 0 Å². The standard InChI is InChI=1S/C27H45NO6/c1-4-5-6-7-8-9-10-11-12-13-14-15-16-19-27(2)24(30)21(25(31)34-27)20-28-22(26(32)33-3)17-18-23(28)29/h13-14,21-22,24,30H,4-12,15-20H2,1-3H3/b14-13+/t21-,22+,24+,27-/m1/s1. The van der Waals surface area contributed by atoms with E-state index in [4.69, 9.17) is 9.47 Å². The van der Waals surface area contributed by atoms with E-state index in [1.165, 1.54) is 63.4 Å². The molecule has 2 fully saturated rings. The average molecular weight is 480 g/mol. The summed E-state index contributed by atoms with van der Waals surface area (Å²) in [5.74, 6) is -2.06. The summed E-state index contributed by atoms with van der Waals surface area (Å²) in [5.41, 5.74) is -0.975. The number of carbonyl (C=O) groups excluding carboxylic acids is 3. The highest BCUT2D eigenvalue weighted by molar-refractivity contribution is 5.88. The number of esters is 2. The van der Waals surface area contributed by atoms with E-state index in [0.29, 0.717) is 12.8 Å². The number of methoxy groups -OCH3 is 1. The van der Waals surface area contributed by atoms with Gasteiger partial charge in [0, 0.05) is 13.0 Å². The molecule has 0 aliphatic carbocycles. The molecule has 1 amide bonds. The molecule has 2 heterocycles. The molecule has 2 aliphatic heterocycles. The van der Waals surface area contributed by atoms with E-state index in [1.807, 2.05) is 0 Å². The Morgan fingerprint density at radius 1 is 1.09 bits per heavy atom. The minimum Gasteiger partial charge on any atom is -0.467 e. The molecule has 2 saturated heterocycles. The second-order valence-corrected chi connectivity index (χ2v) is 10.0. The van der Waals surface area contributed by atoms with Gasteiger partial charge in [-0.25, -0.2) is 4.79 Å². The monoisotopic (exact) mass is 479 g/mol. The van der Waals surface area contributed by atoms with Crippen LogP contribution in [0, 0.1) is 5.92 Å². The molecule has 4 atom stereocenters. The molecule has 194 valence electrons. The Morgan fingerprint density at radius 3 is 2.35 bits per heavy atom. The lowest BCUT2D eigenvalue weighted by Crippen LogP contribution is -2.47. The fraction of sp³-hybridized carbons (Fsp3) is 0.815. The molecule has 0 bridgehead atoms. The zero-order valence-corrected chi connectivity index (χ0v) is 21.4. The first-order chi connectivity index (χ1) is 16.3. The first-order valence-corrected chi connectivity index (χ1v) is 13.3. The van der Waals surface area contributed by atoms with Crippen LogP contribution in [0.1, 0.15) is 104 Å². The van der Waals surface area contributed by atoms with Crippen molar-refractivity contribution >= 4 is 17.8 Å². The van der Waals surface area contributed by atoms with Gasteiger partial charge in [-0.3, -0.25) is 9.59 Å². The molecule has 7 nitrogen and oxygen atoms in total. The Balaban J connectivity index is 1.68. The molecule has 7 heteroatoms. The van der Waals surface area contributed by atoms with Crippen LogP contribution in [0.15, 0.2) is 12.2 Å². The lowest BCUT2D eigenvalue weighted by atomic mass is 9.87. The van der Waals surface area contributed by atoms with Crippen molar-refractivity contribution < 1.29 is 29.0 Å². The van der Waals surface area contributed by atoms with Gasteiger partial charge in [0.25, 0.3) is 0 Å². The third kappa shape index (κ3) is 8.10. The number of aliphatic hydroxyl groups excluding tert-OH is 1. The number of aliphatic hydroxyl groups is 1. The van der Waals surface area contributed by atoms with Gasteiger partial charge < -0.3 is 19.5 Å². The highest BCUT2D eigenvalue weighted by Crippen LogP contribution is 2.37. The number of nitrogens with zero attached hydrogens (tertiary/aromatic N) is 1. The summed E-state index contributed by atoms with van der Waals surface area (Å²) >= 11 is 0. The Morgan fingerprint density at radius 2 is 1.71 bits per heavy atom. The van der Waals surface area contributed by atoms with Crippen LogP contribution in [-0.4, -0.2) is 59.3 Å². The molecular weight excluding hydrogens is 434 g/mol. The van der Waals surface area contributed by atoms with Crippen molar-refractivity contribution in [3.8, 4) is 0 Å². The number of rotatable bonds is 16. The topological polar surface area (TPSA) is 93.1 Å². The van der Waals surface area contributed by atoms with E-state index in [0.717, 1.165) is 19.3 Å².